The summed E-state index contributed by atoms with van der Waals surface area (Å²) in [6.45, 7) is 8.60. The molecule has 23 heavy (non-hydrogen) atoms. The summed E-state index contributed by atoms with van der Waals surface area (Å²) in [7, 11) is -2.66. The van der Waals surface area contributed by atoms with Gasteiger partial charge in [-0.2, -0.15) is 0 Å². The Labute approximate surface area is 148 Å². The van der Waals surface area contributed by atoms with Gasteiger partial charge in [0.1, 0.15) is 0 Å². The molecule has 0 N–H and O–H groups in total. The van der Waals surface area contributed by atoms with E-state index in [1.54, 1.807) is 0 Å². The third-order valence-corrected chi connectivity index (χ3v) is 15.0. The maximum absolute atomic E-state index is 6.32. The summed E-state index contributed by atoms with van der Waals surface area (Å²) in [6, 6.07) is 0.896. The summed E-state index contributed by atoms with van der Waals surface area (Å²) in [5.74, 6) is 0. The quantitative estimate of drug-likeness (QED) is 0.303. The van der Waals surface area contributed by atoms with Gasteiger partial charge in [-0.05, 0) is 0 Å². The van der Waals surface area contributed by atoms with Gasteiger partial charge in [-0.3, -0.25) is 0 Å². The summed E-state index contributed by atoms with van der Waals surface area (Å²) in [5.41, 5.74) is 0. The van der Waals surface area contributed by atoms with Crippen molar-refractivity contribution in [3.63, 3.8) is 0 Å². The number of allylic oxidation sites excluding steroid dienone is 4. The summed E-state index contributed by atoms with van der Waals surface area (Å²) in [4.78, 5) is 0. The fourth-order valence-corrected chi connectivity index (χ4v) is 13.6. The maximum atomic E-state index is 6.32. The molecule has 0 aromatic rings. The zero-order valence-electron chi connectivity index (χ0n) is 15.8. The third kappa shape index (κ3) is 5.93. The molecular formula is C18H36O3PtSi. The second-order valence-electron chi connectivity index (χ2n) is 6.42. The van der Waals surface area contributed by atoms with Crippen LogP contribution in [0.5, 0.6) is 0 Å². The van der Waals surface area contributed by atoms with Crippen molar-refractivity contribution in [1.29, 1.82) is 0 Å². The van der Waals surface area contributed by atoms with Gasteiger partial charge in [0.25, 0.3) is 0 Å². The summed E-state index contributed by atoms with van der Waals surface area (Å²) in [6.07, 6.45) is 12.1. The van der Waals surface area contributed by atoms with Crippen LogP contribution in [-0.4, -0.2) is 28.6 Å². The van der Waals surface area contributed by atoms with Gasteiger partial charge in [0.05, 0.1) is 0 Å². The van der Waals surface area contributed by atoms with E-state index in [4.69, 9.17) is 13.3 Å². The molecule has 0 radical (unpaired) electrons. The Morgan fingerprint density at radius 2 is 1.17 bits per heavy atom. The van der Waals surface area contributed by atoms with Crippen LogP contribution < -0.4 is 0 Å². The van der Waals surface area contributed by atoms with Crippen LogP contribution in [0.15, 0.2) is 24.3 Å². The molecule has 0 heterocycles. The molecule has 0 amide bonds. The monoisotopic (exact) mass is 523 g/mol. The van der Waals surface area contributed by atoms with Gasteiger partial charge >= 0.3 is 148 Å². The first-order valence-electron chi connectivity index (χ1n) is 8.49. The molecule has 1 aliphatic rings. The van der Waals surface area contributed by atoms with Crippen molar-refractivity contribution in [2.24, 2.45) is 0 Å². The van der Waals surface area contributed by atoms with Crippen LogP contribution in [0.2, 0.25) is 25.8 Å². The average Bonchev–Trinajstić information content (AvgIpc) is 2.98. The first-order valence-corrected chi connectivity index (χ1v) is 18.4. The van der Waals surface area contributed by atoms with Crippen molar-refractivity contribution in [3.05, 3.63) is 24.3 Å². The van der Waals surface area contributed by atoms with E-state index in [1.807, 2.05) is 0 Å². The van der Waals surface area contributed by atoms with Crippen molar-refractivity contribution in [1.82, 2.24) is 0 Å². The van der Waals surface area contributed by atoms with Crippen molar-refractivity contribution in [3.8, 4) is 0 Å². The SMILES string of the molecule is CCCO[Si](C[C]1([Pt]([CH3])([CH3])[CH3])C=CC=C1)(OCCC)OCCC. The van der Waals surface area contributed by atoms with E-state index < -0.39 is 24.9 Å². The molecule has 0 saturated carbocycles. The second-order valence-corrected chi connectivity index (χ2v) is 21.3. The normalized spacial score (nSPS) is 17.8. The van der Waals surface area contributed by atoms with Gasteiger partial charge in [0, 0.05) is 0 Å². The fraction of sp³-hybridized carbons (Fsp3) is 0.778. The molecule has 1 aliphatic carbocycles. The van der Waals surface area contributed by atoms with Gasteiger partial charge in [-0.1, -0.05) is 0 Å². The van der Waals surface area contributed by atoms with Crippen LogP contribution >= 0.6 is 0 Å². The Hall–Kier alpha value is 0.265. The Kier molecular flexibility index (Phi) is 8.96. The molecule has 0 spiro atoms. The van der Waals surface area contributed by atoms with Crippen LogP contribution in [0.1, 0.15) is 40.0 Å². The second kappa shape index (κ2) is 9.67. The van der Waals surface area contributed by atoms with Crippen LogP contribution in [0.3, 0.4) is 0 Å². The summed E-state index contributed by atoms with van der Waals surface area (Å²) in [5, 5.41) is 7.39. The van der Waals surface area contributed by atoms with Gasteiger partial charge in [0.2, 0.25) is 0 Å². The topological polar surface area (TPSA) is 27.7 Å². The molecular weight excluding hydrogens is 487 g/mol. The molecule has 0 unspecified atom stereocenters. The van der Waals surface area contributed by atoms with Crippen molar-refractivity contribution in [2.75, 3.05) is 19.8 Å². The van der Waals surface area contributed by atoms with E-state index in [1.165, 1.54) is 0 Å². The predicted molar refractivity (Wildman–Crippen MR) is 97.9 cm³/mol. The van der Waals surface area contributed by atoms with E-state index in [0.29, 0.717) is 0 Å². The van der Waals surface area contributed by atoms with Gasteiger partial charge < -0.3 is 0 Å². The van der Waals surface area contributed by atoms with Crippen LogP contribution in [0.25, 0.3) is 0 Å². The first kappa shape index (κ1) is 21.3. The van der Waals surface area contributed by atoms with Crippen LogP contribution in [-0.2, 0) is 29.3 Å². The van der Waals surface area contributed by atoms with E-state index in [0.717, 1.165) is 45.1 Å². The Morgan fingerprint density at radius 1 is 0.783 bits per heavy atom. The fourth-order valence-electron chi connectivity index (χ4n) is 2.45. The third-order valence-electron chi connectivity index (χ3n) is 3.78. The number of rotatable bonds is 12. The van der Waals surface area contributed by atoms with Crippen LogP contribution in [0.4, 0.5) is 0 Å². The Morgan fingerprint density at radius 3 is 1.48 bits per heavy atom. The molecule has 0 fully saturated rings. The number of hydrogen-bond donors (Lipinski definition) is 0. The van der Waals surface area contributed by atoms with Crippen LogP contribution in [0, 0.1) is 0 Å². The average molecular weight is 524 g/mol. The van der Waals surface area contributed by atoms with Gasteiger partial charge in [-0.15, -0.1) is 0 Å². The zero-order valence-corrected chi connectivity index (χ0v) is 19.1. The Bertz CT molecular complexity index is 368. The summed E-state index contributed by atoms with van der Waals surface area (Å²) < 4.78 is 19.1. The van der Waals surface area contributed by atoms with Gasteiger partial charge in [-0.25, -0.2) is 0 Å². The van der Waals surface area contributed by atoms with E-state index >= 15 is 0 Å². The zero-order chi connectivity index (χ0) is 17.4. The Balaban J connectivity index is 3.08. The molecule has 0 bridgehead atoms. The first-order chi connectivity index (χ1) is 10.8. The summed E-state index contributed by atoms with van der Waals surface area (Å²) >= 11 is -1.95. The predicted octanol–water partition coefficient (Wildman–Crippen LogP) is 5.79. The standard InChI is InChI=1S/C15H27O3Si.3CH3.Pt/c1-4-11-16-19(17-12-5-2,18-13-6-3)14-15-9-7-8-10-15;;;;/h7-10H,4-6,11-14H2,1-3H3;3*1H3;. The number of hydrogen-bond acceptors (Lipinski definition) is 3. The minimum absolute atomic E-state index is 0.119. The molecule has 1 rings (SSSR count). The van der Waals surface area contributed by atoms with Crippen molar-refractivity contribution >= 4 is 8.80 Å². The van der Waals surface area contributed by atoms with E-state index in [-0.39, 0.29) is 3.80 Å². The molecule has 0 aromatic carbocycles. The molecule has 3 nitrogen and oxygen atoms in total. The van der Waals surface area contributed by atoms with E-state index in [9.17, 15) is 0 Å². The minimum atomic E-state index is -2.66. The molecule has 5 heteroatoms. The molecule has 140 valence electrons. The van der Waals surface area contributed by atoms with E-state index in [2.05, 4.69) is 61.0 Å². The van der Waals surface area contributed by atoms with Crippen molar-refractivity contribution in [2.45, 2.75) is 65.8 Å². The molecule has 0 aliphatic heterocycles. The van der Waals surface area contributed by atoms with Crippen molar-refractivity contribution < 1.29 is 29.3 Å². The molecule has 0 aromatic heterocycles. The molecule has 0 atom stereocenters. The molecule has 0 saturated heterocycles. The van der Waals surface area contributed by atoms with Gasteiger partial charge in [0.15, 0.2) is 0 Å².